The summed E-state index contributed by atoms with van der Waals surface area (Å²) in [4.78, 5) is 10.3. The van der Waals surface area contributed by atoms with E-state index in [2.05, 4.69) is 42.6 Å². The molecule has 0 atom stereocenters. The van der Waals surface area contributed by atoms with E-state index in [1.165, 1.54) is 0 Å². The molecule has 0 saturated carbocycles. The zero-order valence-corrected chi connectivity index (χ0v) is 11.0. The predicted octanol–water partition coefficient (Wildman–Crippen LogP) is 2.58. The lowest BCUT2D eigenvalue weighted by molar-refractivity contribution is 0.566. The maximum absolute atomic E-state index is 5.88. The molecule has 0 aromatic carbocycles. The highest BCUT2D eigenvalue weighted by Crippen LogP contribution is 2.20. The third-order valence-electron chi connectivity index (χ3n) is 2.18. The molecule has 2 N–H and O–H groups in total. The summed E-state index contributed by atoms with van der Waals surface area (Å²) in [5.74, 6) is 1.57. The Labute approximate surface area is 102 Å². The van der Waals surface area contributed by atoms with Crippen LogP contribution in [0.5, 0.6) is 0 Å². The Morgan fingerprint density at radius 2 is 1.94 bits per heavy atom. The fourth-order valence-electron chi connectivity index (χ4n) is 1.53. The van der Waals surface area contributed by atoms with E-state index in [4.69, 9.17) is 17.3 Å². The molecule has 1 heterocycles. The molecule has 1 rings (SSSR count). The van der Waals surface area contributed by atoms with Gasteiger partial charge in [0.2, 0.25) is 5.95 Å². The zero-order valence-electron chi connectivity index (χ0n) is 10.2. The summed E-state index contributed by atoms with van der Waals surface area (Å²) in [7, 11) is 0. The second-order valence-electron chi connectivity index (χ2n) is 4.55. The summed E-state index contributed by atoms with van der Waals surface area (Å²) >= 11 is 5.88. The van der Waals surface area contributed by atoms with Crippen LogP contribution in [-0.4, -0.2) is 22.6 Å². The molecule has 0 amide bonds. The van der Waals surface area contributed by atoms with E-state index in [0.29, 0.717) is 17.1 Å². The fraction of sp³-hybridized carbons (Fsp3) is 0.636. The maximum atomic E-state index is 5.88. The smallest absolute Gasteiger partial charge is 0.223 e. The SMILES string of the molecule is CC(C)CN(c1cc(Cl)nc(N)n1)C(C)C. The normalized spacial score (nSPS) is 11.2. The number of nitrogens with zero attached hydrogens (tertiary/aromatic N) is 3. The summed E-state index contributed by atoms with van der Waals surface area (Å²) < 4.78 is 0. The molecule has 0 aliphatic rings. The molecule has 0 fully saturated rings. The second kappa shape index (κ2) is 5.34. The van der Waals surface area contributed by atoms with Crippen LogP contribution in [0.1, 0.15) is 27.7 Å². The maximum Gasteiger partial charge on any atom is 0.223 e. The van der Waals surface area contributed by atoms with E-state index < -0.39 is 0 Å². The van der Waals surface area contributed by atoms with Crippen molar-refractivity contribution in [2.24, 2.45) is 5.92 Å². The Balaban J connectivity index is 3.00. The van der Waals surface area contributed by atoms with Crippen molar-refractivity contribution in [3.63, 3.8) is 0 Å². The summed E-state index contributed by atoms with van der Waals surface area (Å²) in [6.07, 6.45) is 0. The lowest BCUT2D eigenvalue weighted by Gasteiger charge is -2.29. The van der Waals surface area contributed by atoms with Crippen molar-refractivity contribution in [2.45, 2.75) is 33.7 Å². The molecule has 1 aromatic heterocycles. The first-order chi connectivity index (χ1) is 7.40. The van der Waals surface area contributed by atoms with E-state index in [-0.39, 0.29) is 5.95 Å². The van der Waals surface area contributed by atoms with Crippen LogP contribution in [0.3, 0.4) is 0 Å². The highest BCUT2D eigenvalue weighted by molar-refractivity contribution is 6.29. The molecular weight excluding hydrogens is 224 g/mol. The molecule has 1 aromatic rings. The molecule has 0 radical (unpaired) electrons. The number of rotatable bonds is 4. The number of nitrogen functional groups attached to an aromatic ring is 1. The summed E-state index contributed by atoms with van der Waals surface area (Å²) in [6.45, 7) is 9.50. The van der Waals surface area contributed by atoms with Crippen LogP contribution in [0.2, 0.25) is 5.15 Å². The summed E-state index contributed by atoms with van der Waals surface area (Å²) in [6, 6.07) is 2.10. The van der Waals surface area contributed by atoms with E-state index in [1.807, 2.05) is 0 Å². The van der Waals surface area contributed by atoms with Crippen LogP contribution in [0.4, 0.5) is 11.8 Å². The summed E-state index contributed by atoms with van der Waals surface area (Å²) in [5, 5.41) is 0.386. The van der Waals surface area contributed by atoms with Gasteiger partial charge in [0.1, 0.15) is 11.0 Å². The molecule has 0 unspecified atom stereocenters. The van der Waals surface area contributed by atoms with Gasteiger partial charge < -0.3 is 10.6 Å². The van der Waals surface area contributed by atoms with Gasteiger partial charge >= 0.3 is 0 Å². The van der Waals surface area contributed by atoms with Crippen molar-refractivity contribution in [3.05, 3.63) is 11.2 Å². The largest absolute Gasteiger partial charge is 0.368 e. The van der Waals surface area contributed by atoms with Crippen molar-refractivity contribution < 1.29 is 0 Å². The summed E-state index contributed by atoms with van der Waals surface area (Å²) in [5.41, 5.74) is 5.59. The monoisotopic (exact) mass is 242 g/mol. The van der Waals surface area contributed by atoms with Gasteiger partial charge in [-0.1, -0.05) is 25.4 Å². The minimum atomic E-state index is 0.219. The van der Waals surface area contributed by atoms with Crippen LogP contribution in [0, 0.1) is 5.92 Å². The van der Waals surface area contributed by atoms with Crippen molar-refractivity contribution >= 4 is 23.4 Å². The number of aromatic nitrogens is 2. The Morgan fingerprint density at radius 1 is 1.31 bits per heavy atom. The van der Waals surface area contributed by atoms with E-state index in [1.54, 1.807) is 6.07 Å². The Hall–Kier alpha value is -1.03. The molecule has 0 spiro atoms. The van der Waals surface area contributed by atoms with Crippen molar-refractivity contribution in [2.75, 3.05) is 17.2 Å². The van der Waals surface area contributed by atoms with Crippen LogP contribution >= 0.6 is 11.6 Å². The molecule has 0 saturated heterocycles. The van der Waals surface area contributed by atoms with Crippen molar-refractivity contribution in [3.8, 4) is 0 Å². The lowest BCUT2D eigenvalue weighted by Crippen LogP contribution is -2.35. The van der Waals surface area contributed by atoms with Gasteiger partial charge in [0.25, 0.3) is 0 Å². The highest BCUT2D eigenvalue weighted by atomic mass is 35.5. The number of anilines is 2. The number of nitrogens with two attached hydrogens (primary N) is 1. The van der Waals surface area contributed by atoms with E-state index in [9.17, 15) is 0 Å². The van der Waals surface area contributed by atoms with Gasteiger partial charge in [0, 0.05) is 18.7 Å². The number of halogens is 1. The van der Waals surface area contributed by atoms with E-state index >= 15 is 0 Å². The van der Waals surface area contributed by atoms with Crippen LogP contribution in [-0.2, 0) is 0 Å². The van der Waals surface area contributed by atoms with Gasteiger partial charge in [0.05, 0.1) is 0 Å². The van der Waals surface area contributed by atoms with Gasteiger partial charge in [-0.15, -0.1) is 0 Å². The first kappa shape index (κ1) is 13.0. The molecule has 0 aliphatic carbocycles. The minimum absolute atomic E-state index is 0.219. The average Bonchev–Trinajstić information content (AvgIpc) is 2.11. The first-order valence-electron chi connectivity index (χ1n) is 5.47. The number of hydrogen-bond acceptors (Lipinski definition) is 4. The second-order valence-corrected chi connectivity index (χ2v) is 4.93. The molecule has 90 valence electrons. The zero-order chi connectivity index (χ0) is 12.3. The molecule has 0 bridgehead atoms. The Kier molecular flexibility index (Phi) is 4.35. The van der Waals surface area contributed by atoms with Gasteiger partial charge in [-0.25, -0.2) is 4.98 Å². The Morgan fingerprint density at radius 3 is 2.38 bits per heavy atom. The standard InChI is InChI=1S/C11H19ClN4/c1-7(2)6-16(8(3)4)10-5-9(12)14-11(13)15-10/h5,7-8H,6H2,1-4H3,(H2,13,14,15). The molecule has 5 heteroatoms. The molecular formula is C11H19ClN4. The molecule has 0 aliphatic heterocycles. The van der Waals surface area contributed by atoms with Crippen molar-refractivity contribution in [1.29, 1.82) is 0 Å². The highest BCUT2D eigenvalue weighted by Gasteiger charge is 2.14. The predicted molar refractivity (Wildman–Crippen MR) is 68.8 cm³/mol. The Bertz CT molecular complexity index is 332. The first-order valence-corrected chi connectivity index (χ1v) is 5.84. The van der Waals surface area contributed by atoms with Crippen LogP contribution in [0.15, 0.2) is 6.07 Å². The third-order valence-corrected chi connectivity index (χ3v) is 2.37. The fourth-order valence-corrected chi connectivity index (χ4v) is 1.72. The van der Waals surface area contributed by atoms with Gasteiger partial charge in [0.15, 0.2) is 0 Å². The average molecular weight is 243 g/mol. The quantitative estimate of drug-likeness (QED) is 0.825. The number of hydrogen-bond donors (Lipinski definition) is 1. The van der Waals surface area contributed by atoms with E-state index in [0.717, 1.165) is 12.4 Å². The van der Waals surface area contributed by atoms with Gasteiger partial charge in [-0.2, -0.15) is 4.98 Å². The minimum Gasteiger partial charge on any atom is -0.368 e. The lowest BCUT2D eigenvalue weighted by atomic mass is 10.2. The molecule has 16 heavy (non-hydrogen) atoms. The topological polar surface area (TPSA) is 55.0 Å². The van der Waals surface area contributed by atoms with Gasteiger partial charge in [-0.05, 0) is 19.8 Å². The van der Waals surface area contributed by atoms with Crippen LogP contribution in [0.25, 0.3) is 0 Å². The molecule has 4 nitrogen and oxygen atoms in total. The van der Waals surface area contributed by atoms with Crippen molar-refractivity contribution in [1.82, 2.24) is 9.97 Å². The van der Waals surface area contributed by atoms with Gasteiger partial charge in [-0.3, -0.25) is 0 Å². The third kappa shape index (κ3) is 3.52. The van der Waals surface area contributed by atoms with Crippen LogP contribution < -0.4 is 10.6 Å².